The average Bonchev–Trinajstić information content (AvgIpc) is 3.25. The molecule has 0 amide bonds. The molecule has 0 N–H and O–H groups in total. The second-order valence-electron chi connectivity index (χ2n) is 17.4. The van der Waals surface area contributed by atoms with Gasteiger partial charge < -0.3 is 14.2 Å². The molecule has 350 valence electrons. The van der Waals surface area contributed by atoms with Gasteiger partial charge in [0.2, 0.25) is 0 Å². The van der Waals surface area contributed by atoms with Crippen molar-refractivity contribution in [1.82, 2.24) is 0 Å². The summed E-state index contributed by atoms with van der Waals surface area (Å²) in [5.74, 6) is -0.410. The minimum atomic E-state index is -0.539. The van der Waals surface area contributed by atoms with Crippen molar-refractivity contribution in [1.29, 1.82) is 0 Å². The Labute approximate surface area is 373 Å². The first-order valence-corrected chi connectivity index (χ1v) is 26.2. The summed E-state index contributed by atoms with van der Waals surface area (Å²) >= 11 is 0. The van der Waals surface area contributed by atoms with Crippen LogP contribution in [0.3, 0.4) is 0 Å². The van der Waals surface area contributed by atoms with E-state index in [9.17, 15) is 9.59 Å². The Hall–Kier alpha value is -2.14. The normalized spacial score (nSPS) is 12.5. The Balaban J connectivity index is 4.16. The summed E-state index contributed by atoms with van der Waals surface area (Å²) in [6.45, 7) is 7.71. The van der Waals surface area contributed by atoms with Crippen molar-refractivity contribution in [2.24, 2.45) is 0 Å². The number of esters is 2. The zero-order valence-corrected chi connectivity index (χ0v) is 40.2. The van der Waals surface area contributed by atoms with E-state index >= 15 is 0 Å². The van der Waals surface area contributed by atoms with Crippen molar-refractivity contribution >= 4 is 11.9 Å². The third-order valence-corrected chi connectivity index (χ3v) is 11.3. The fourth-order valence-electron chi connectivity index (χ4n) is 7.46. The van der Waals surface area contributed by atoms with E-state index in [2.05, 4.69) is 69.4 Å². The summed E-state index contributed by atoms with van der Waals surface area (Å²) in [5, 5.41) is 0. The van der Waals surface area contributed by atoms with Crippen LogP contribution in [0, 0.1) is 0 Å². The van der Waals surface area contributed by atoms with Gasteiger partial charge in [-0.3, -0.25) is 9.59 Å². The van der Waals surface area contributed by atoms with Gasteiger partial charge in [-0.2, -0.15) is 0 Å². The lowest BCUT2D eigenvalue weighted by Gasteiger charge is -2.18. The van der Waals surface area contributed by atoms with E-state index in [1.807, 2.05) is 0 Å². The minimum Gasteiger partial charge on any atom is -0.462 e. The van der Waals surface area contributed by atoms with E-state index in [4.69, 9.17) is 14.2 Å². The molecule has 1 atom stereocenters. The van der Waals surface area contributed by atoms with Crippen LogP contribution >= 0.6 is 0 Å². The van der Waals surface area contributed by atoms with E-state index in [0.29, 0.717) is 19.4 Å². The van der Waals surface area contributed by atoms with Gasteiger partial charge in [0.05, 0.1) is 6.61 Å². The highest BCUT2D eigenvalue weighted by molar-refractivity contribution is 5.70. The number of allylic oxidation sites excluding steroid dienone is 8. The fourth-order valence-corrected chi connectivity index (χ4v) is 7.46. The third kappa shape index (κ3) is 48.5. The lowest BCUT2D eigenvalue weighted by molar-refractivity contribution is -0.163. The molecule has 0 aliphatic carbocycles. The highest BCUT2D eigenvalue weighted by Gasteiger charge is 2.17. The van der Waals surface area contributed by atoms with Crippen LogP contribution < -0.4 is 0 Å². The molecule has 0 aliphatic heterocycles. The molecule has 5 nitrogen and oxygen atoms in total. The van der Waals surface area contributed by atoms with Crippen molar-refractivity contribution in [2.45, 2.75) is 271 Å². The highest BCUT2D eigenvalue weighted by atomic mass is 16.6. The van der Waals surface area contributed by atoms with Crippen LogP contribution in [0.2, 0.25) is 0 Å². The molecule has 5 heteroatoms. The Kier molecular flexibility index (Phi) is 49.4. The zero-order valence-electron chi connectivity index (χ0n) is 40.2. The molecule has 0 bridgehead atoms. The number of unbranched alkanes of at least 4 members (excludes halogenated alkanes) is 29. The van der Waals surface area contributed by atoms with E-state index in [-0.39, 0.29) is 25.2 Å². The minimum absolute atomic E-state index is 0.0786. The monoisotopic (exact) mass is 841 g/mol. The summed E-state index contributed by atoms with van der Waals surface area (Å²) in [7, 11) is 0. The summed E-state index contributed by atoms with van der Waals surface area (Å²) in [6, 6.07) is 0. The predicted octanol–water partition coefficient (Wildman–Crippen LogP) is 17.6. The maximum absolute atomic E-state index is 12.7. The second kappa shape index (κ2) is 51.2. The molecule has 0 aromatic rings. The fraction of sp³-hybridized carbons (Fsp3) is 0.818. The van der Waals surface area contributed by atoms with Gasteiger partial charge in [-0.25, -0.2) is 0 Å². The Morgan fingerprint density at radius 1 is 0.383 bits per heavy atom. The van der Waals surface area contributed by atoms with Gasteiger partial charge in [0.15, 0.2) is 6.10 Å². The number of rotatable bonds is 48. The number of carbonyl (C=O) groups is 2. The topological polar surface area (TPSA) is 61.8 Å². The highest BCUT2D eigenvalue weighted by Crippen LogP contribution is 2.15. The van der Waals surface area contributed by atoms with Gasteiger partial charge in [-0.15, -0.1) is 0 Å². The van der Waals surface area contributed by atoms with E-state index in [1.165, 1.54) is 161 Å². The van der Waals surface area contributed by atoms with Gasteiger partial charge in [0, 0.05) is 19.4 Å². The van der Waals surface area contributed by atoms with Crippen molar-refractivity contribution in [3.8, 4) is 0 Å². The zero-order chi connectivity index (χ0) is 43.5. The van der Waals surface area contributed by atoms with E-state index in [1.54, 1.807) is 0 Å². The van der Waals surface area contributed by atoms with Gasteiger partial charge in [-0.05, 0) is 77.0 Å². The predicted molar refractivity (Wildman–Crippen MR) is 261 cm³/mol. The molecule has 0 spiro atoms. The van der Waals surface area contributed by atoms with Crippen LogP contribution in [-0.4, -0.2) is 37.9 Å². The van der Waals surface area contributed by atoms with Crippen LogP contribution in [0.4, 0.5) is 0 Å². The maximum atomic E-state index is 12.7. The molecule has 1 unspecified atom stereocenters. The van der Waals surface area contributed by atoms with Crippen LogP contribution in [0.1, 0.15) is 265 Å². The molecule has 60 heavy (non-hydrogen) atoms. The average molecular weight is 841 g/mol. The van der Waals surface area contributed by atoms with E-state index in [0.717, 1.165) is 70.6 Å². The largest absolute Gasteiger partial charge is 0.462 e. The number of hydrogen-bond acceptors (Lipinski definition) is 5. The SMILES string of the molecule is CC/C=C\C/C=C\C/C=C\CCCCCCCC(=O)OCC(COCCCCCCCCCCCC/C=C\CCCCCCCC)OC(=O)CCCCCCCCCCC. The summed E-state index contributed by atoms with van der Waals surface area (Å²) < 4.78 is 17.4. The van der Waals surface area contributed by atoms with Crippen LogP contribution in [0.15, 0.2) is 48.6 Å². The molecular formula is C55H100O5. The van der Waals surface area contributed by atoms with Gasteiger partial charge in [-0.1, -0.05) is 223 Å². The maximum Gasteiger partial charge on any atom is 0.306 e. The van der Waals surface area contributed by atoms with Crippen molar-refractivity contribution in [3.63, 3.8) is 0 Å². The molecule has 0 rings (SSSR count). The summed E-state index contributed by atoms with van der Waals surface area (Å²) in [4.78, 5) is 25.3. The summed E-state index contributed by atoms with van der Waals surface area (Å²) in [6.07, 6.45) is 62.7. The van der Waals surface area contributed by atoms with Crippen molar-refractivity contribution in [3.05, 3.63) is 48.6 Å². The van der Waals surface area contributed by atoms with Crippen LogP contribution in [0.25, 0.3) is 0 Å². The molecule has 0 aliphatic rings. The molecule has 0 saturated heterocycles. The number of hydrogen-bond donors (Lipinski definition) is 0. The lowest BCUT2D eigenvalue weighted by atomic mass is 10.1. The summed E-state index contributed by atoms with van der Waals surface area (Å²) in [5.41, 5.74) is 0. The van der Waals surface area contributed by atoms with Crippen LogP contribution in [0.5, 0.6) is 0 Å². The van der Waals surface area contributed by atoms with Gasteiger partial charge >= 0.3 is 11.9 Å². The third-order valence-electron chi connectivity index (χ3n) is 11.3. The molecule has 0 saturated carbocycles. The first-order valence-electron chi connectivity index (χ1n) is 26.2. The van der Waals surface area contributed by atoms with Crippen molar-refractivity contribution in [2.75, 3.05) is 19.8 Å². The quantitative estimate of drug-likeness (QED) is 0.0347. The lowest BCUT2D eigenvalue weighted by Crippen LogP contribution is -2.30. The molecule has 0 radical (unpaired) electrons. The molecule has 0 fully saturated rings. The first-order chi connectivity index (χ1) is 29.6. The Bertz CT molecular complexity index is 997. The van der Waals surface area contributed by atoms with E-state index < -0.39 is 6.10 Å². The molecule has 0 aromatic heterocycles. The van der Waals surface area contributed by atoms with Gasteiger partial charge in [0.1, 0.15) is 6.61 Å². The Morgan fingerprint density at radius 2 is 0.750 bits per heavy atom. The van der Waals surface area contributed by atoms with Crippen LogP contribution in [-0.2, 0) is 23.8 Å². The number of carbonyl (C=O) groups excluding carboxylic acids is 2. The molecular weight excluding hydrogens is 741 g/mol. The molecule has 0 aromatic carbocycles. The molecule has 0 heterocycles. The van der Waals surface area contributed by atoms with Crippen molar-refractivity contribution < 1.29 is 23.8 Å². The van der Waals surface area contributed by atoms with Gasteiger partial charge in [0.25, 0.3) is 0 Å². The standard InChI is InChI=1S/C55H100O5/c1-4-7-10-13-16-19-21-23-25-26-27-28-29-31-33-35-38-41-44-47-50-58-51-53(60-55(57)49-46-43-40-36-18-15-12-9-6-3)52-59-54(56)48-45-42-39-37-34-32-30-24-22-20-17-14-11-8-5-2/h8,11,17,20,23-25,30,53H,4-7,9-10,12-16,18-19,21-22,26-29,31-52H2,1-3H3/b11-8-,20-17-,25-23-,30-24-. The Morgan fingerprint density at radius 3 is 1.22 bits per heavy atom. The number of ether oxygens (including phenoxy) is 3. The first kappa shape index (κ1) is 57.9. The second-order valence-corrected chi connectivity index (χ2v) is 17.4. The smallest absolute Gasteiger partial charge is 0.306 e.